The zero-order valence-electron chi connectivity index (χ0n) is 9.22. The SMILES string of the molecule is [CH]=CCCCCc1cc(C)ccc1C. The number of hydrogen-bond acceptors (Lipinski definition) is 0. The number of allylic oxidation sites excluding steroid dienone is 1. The van der Waals surface area contributed by atoms with Gasteiger partial charge in [-0.2, -0.15) is 0 Å². The quantitative estimate of drug-likeness (QED) is 0.611. The molecule has 0 saturated heterocycles. The number of rotatable bonds is 5. The third kappa shape index (κ3) is 3.37. The van der Waals surface area contributed by atoms with E-state index in [0.717, 1.165) is 6.42 Å². The molecule has 14 heavy (non-hydrogen) atoms. The van der Waals surface area contributed by atoms with Crippen molar-refractivity contribution in [2.24, 2.45) is 0 Å². The Bertz CT molecular complexity index is 297. The van der Waals surface area contributed by atoms with Crippen molar-refractivity contribution in [1.29, 1.82) is 0 Å². The molecule has 0 bridgehead atoms. The minimum absolute atomic E-state index is 1.03. The number of aryl methyl sites for hydroxylation is 3. The van der Waals surface area contributed by atoms with Crippen LogP contribution in [0.5, 0.6) is 0 Å². The van der Waals surface area contributed by atoms with Crippen LogP contribution in [0.25, 0.3) is 0 Å². The summed E-state index contributed by atoms with van der Waals surface area (Å²) >= 11 is 0. The van der Waals surface area contributed by atoms with Crippen LogP contribution in [0.1, 0.15) is 36.0 Å². The molecule has 0 saturated carbocycles. The molecule has 0 fully saturated rings. The summed E-state index contributed by atoms with van der Waals surface area (Å²) in [5.41, 5.74) is 4.25. The average molecular weight is 187 g/mol. The van der Waals surface area contributed by atoms with E-state index >= 15 is 0 Å². The predicted molar refractivity (Wildman–Crippen MR) is 62.3 cm³/mol. The van der Waals surface area contributed by atoms with Crippen LogP contribution in [0.4, 0.5) is 0 Å². The first-order chi connectivity index (χ1) is 6.74. The topological polar surface area (TPSA) is 0 Å². The normalized spacial score (nSPS) is 10.1. The van der Waals surface area contributed by atoms with Gasteiger partial charge >= 0.3 is 0 Å². The van der Waals surface area contributed by atoms with Crippen molar-refractivity contribution in [3.8, 4) is 0 Å². The van der Waals surface area contributed by atoms with E-state index in [9.17, 15) is 0 Å². The molecule has 0 spiro atoms. The van der Waals surface area contributed by atoms with Crippen molar-refractivity contribution >= 4 is 0 Å². The summed E-state index contributed by atoms with van der Waals surface area (Å²) in [5, 5.41) is 0. The van der Waals surface area contributed by atoms with E-state index in [1.165, 1.54) is 36.0 Å². The monoisotopic (exact) mass is 187 g/mol. The molecule has 0 N–H and O–H groups in total. The van der Waals surface area contributed by atoms with Crippen LogP contribution in [0.3, 0.4) is 0 Å². The van der Waals surface area contributed by atoms with E-state index in [0.29, 0.717) is 0 Å². The van der Waals surface area contributed by atoms with Gasteiger partial charge in [0.15, 0.2) is 0 Å². The van der Waals surface area contributed by atoms with Crippen molar-refractivity contribution in [2.45, 2.75) is 39.5 Å². The maximum Gasteiger partial charge on any atom is -0.0276 e. The first kappa shape index (κ1) is 11.0. The fourth-order valence-electron chi connectivity index (χ4n) is 1.65. The lowest BCUT2D eigenvalue weighted by molar-refractivity contribution is 0.745. The molecule has 0 atom stereocenters. The van der Waals surface area contributed by atoms with Crippen LogP contribution in [0.2, 0.25) is 0 Å². The Hall–Kier alpha value is -1.04. The minimum atomic E-state index is 1.03. The smallest absolute Gasteiger partial charge is 0.0276 e. The Balaban J connectivity index is 2.49. The molecule has 1 radical (unpaired) electrons. The third-order valence-corrected chi connectivity index (χ3v) is 2.57. The van der Waals surface area contributed by atoms with Gasteiger partial charge in [0.2, 0.25) is 0 Å². The molecule has 0 nitrogen and oxygen atoms in total. The van der Waals surface area contributed by atoms with E-state index in [1.54, 1.807) is 6.08 Å². The van der Waals surface area contributed by atoms with Gasteiger partial charge in [-0.3, -0.25) is 0 Å². The Morgan fingerprint density at radius 1 is 1.21 bits per heavy atom. The zero-order chi connectivity index (χ0) is 10.4. The Labute approximate surface area is 87.7 Å². The van der Waals surface area contributed by atoms with Gasteiger partial charge in [-0.05, 0) is 50.7 Å². The number of benzene rings is 1. The maximum absolute atomic E-state index is 5.34. The van der Waals surface area contributed by atoms with Gasteiger partial charge in [0.05, 0.1) is 0 Å². The molecule has 0 aliphatic carbocycles. The standard InChI is InChI=1S/C14H19/c1-4-5-6-7-8-14-11-12(2)9-10-13(14)3/h1,4,9-11H,5-8H2,2-3H3. The molecule has 1 aromatic carbocycles. The molecule has 0 aliphatic rings. The molecule has 0 amide bonds. The van der Waals surface area contributed by atoms with Crippen LogP contribution in [0, 0.1) is 20.4 Å². The van der Waals surface area contributed by atoms with Gasteiger partial charge in [-0.1, -0.05) is 36.4 Å². The predicted octanol–water partition coefficient (Wildman–Crippen LogP) is 4.01. The third-order valence-electron chi connectivity index (χ3n) is 2.57. The lowest BCUT2D eigenvalue weighted by Gasteiger charge is -2.06. The van der Waals surface area contributed by atoms with E-state index in [-0.39, 0.29) is 0 Å². The van der Waals surface area contributed by atoms with Crippen LogP contribution in [0.15, 0.2) is 24.3 Å². The van der Waals surface area contributed by atoms with Gasteiger partial charge in [0, 0.05) is 0 Å². The van der Waals surface area contributed by atoms with Crippen LogP contribution in [-0.4, -0.2) is 0 Å². The summed E-state index contributed by atoms with van der Waals surface area (Å²) in [4.78, 5) is 0. The summed E-state index contributed by atoms with van der Waals surface area (Å²) in [7, 11) is 0. The van der Waals surface area contributed by atoms with Crippen molar-refractivity contribution in [2.75, 3.05) is 0 Å². The maximum atomic E-state index is 5.34. The number of hydrogen-bond donors (Lipinski definition) is 0. The molecular formula is C14H19. The van der Waals surface area contributed by atoms with Gasteiger partial charge in [-0.25, -0.2) is 0 Å². The molecule has 0 unspecified atom stereocenters. The Kier molecular flexibility index (Phi) is 4.45. The Morgan fingerprint density at radius 2 is 2.00 bits per heavy atom. The van der Waals surface area contributed by atoms with Crippen molar-refractivity contribution in [3.05, 3.63) is 47.5 Å². The van der Waals surface area contributed by atoms with E-state index in [1.807, 2.05) is 0 Å². The van der Waals surface area contributed by atoms with Crippen LogP contribution in [-0.2, 0) is 6.42 Å². The highest BCUT2D eigenvalue weighted by Crippen LogP contribution is 2.14. The molecule has 0 heterocycles. The summed E-state index contributed by atoms with van der Waals surface area (Å²) in [6.07, 6.45) is 6.40. The highest BCUT2D eigenvalue weighted by atomic mass is 14.0. The van der Waals surface area contributed by atoms with Gasteiger partial charge in [-0.15, -0.1) is 0 Å². The van der Waals surface area contributed by atoms with Gasteiger partial charge in [0.1, 0.15) is 0 Å². The largest absolute Gasteiger partial charge is 0.0845 e. The summed E-state index contributed by atoms with van der Waals surface area (Å²) < 4.78 is 0. The van der Waals surface area contributed by atoms with E-state index in [4.69, 9.17) is 6.58 Å². The average Bonchev–Trinajstić information content (AvgIpc) is 2.18. The molecule has 1 rings (SSSR count). The highest BCUT2D eigenvalue weighted by Gasteiger charge is 1.97. The Morgan fingerprint density at radius 3 is 2.71 bits per heavy atom. The number of unbranched alkanes of at least 4 members (excludes halogenated alkanes) is 2. The van der Waals surface area contributed by atoms with Crippen molar-refractivity contribution in [3.63, 3.8) is 0 Å². The lowest BCUT2D eigenvalue weighted by atomic mass is 10.00. The second kappa shape index (κ2) is 5.64. The zero-order valence-corrected chi connectivity index (χ0v) is 9.22. The van der Waals surface area contributed by atoms with Gasteiger partial charge < -0.3 is 0 Å². The summed E-state index contributed by atoms with van der Waals surface area (Å²) in [6.45, 7) is 9.67. The molecule has 0 aliphatic heterocycles. The molecule has 0 aromatic heterocycles. The first-order valence-corrected chi connectivity index (χ1v) is 5.33. The van der Waals surface area contributed by atoms with Crippen LogP contribution >= 0.6 is 0 Å². The molecule has 75 valence electrons. The summed E-state index contributed by atoms with van der Waals surface area (Å²) in [6, 6.07) is 6.67. The van der Waals surface area contributed by atoms with E-state index < -0.39 is 0 Å². The van der Waals surface area contributed by atoms with Gasteiger partial charge in [0.25, 0.3) is 0 Å². The van der Waals surface area contributed by atoms with Crippen molar-refractivity contribution in [1.82, 2.24) is 0 Å². The lowest BCUT2D eigenvalue weighted by Crippen LogP contribution is -1.90. The fourth-order valence-corrected chi connectivity index (χ4v) is 1.65. The van der Waals surface area contributed by atoms with Crippen molar-refractivity contribution < 1.29 is 0 Å². The fraction of sp³-hybridized carbons (Fsp3) is 0.429. The summed E-state index contributed by atoms with van der Waals surface area (Å²) in [5.74, 6) is 0. The molecular weight excluding hydrogens is 168 g/mol. The second-order valence-electron chi connectivity index (χ2n) is 3.91. The molecule has 0 heteroatoms. The molecule has 1 aromatic rings. The highest BCUT2D eigenvalue weighted by molar-refractivity contribution is 5.30. The first-order valence-electron chi connectivity index (χ1n) is 5.33. The van der Waals surface area contributed by atoms with Crippen LogP contribution < -0.4 is 0 Å². The second-order valence-corrected chi connectivity index (χ2v) is 3.91. The van der Waals surface area contributed by atoms with E-state index in [2.05, 4.69) is 32.0 Å². The minimum Gasteiger partial charge on any atom is -0.0845 e.